The zero-order valence-electron chi connectivity index (χ0n) is 12.9. The highest BCUT2D eigenvalue weighted by Gasteiger charge is 2.14. The van der Waals surface area contributed by atoms with E-state index in [-0.39, 0.29) is 24.6 Å². The number of nitrogens with one attached hydrogen (secondary N) is 1. The molecule has 4 aromatic rings. The number of carbonyl (C=O) groups is 1. The molecule has 0 unspecified atom stereocenters. The highest BCUT2D eigenvalue weighted by atomic mass is 32.1. The zero-order chi connectivity index (χ0) is 16.7. The van der Waals surface area contributed by atoms with Crippen molar-refractivity contribution in [2.24, 2.45) is 0 Å². The van der Waals surface area contributed by atoms with Crippen molar-refractivity contribution in [3.63, 3.8) is 0 Å². The molecular weight excluding hydrogens is 328 g/mol. The quantitative estimate of drug-likeness (QED) is 0.614. The van der Waals surface area contributed by atoms with Gasteiger partial charge < -0.3 is 9.73 Å². The van der Waals surface area contributed by atoms with E-state index in [1.807, 2.05) is 28.8 Å². The van der Waals surface area contributed by atoms with Crippen LogP contribution in [0.15, 0.2) is 45.1 Å². The monoisotopic (exact) mass is 342 g/mol. The number of fused-ring (bicyclic) bond motifs is 3. The molecule has 0 fully saturated rings. The third-order valence-corrected chi connectivity index (χ3v) is 4.70. The van der Waals surface area contributed by atoms with Gasteiger partial charge in [0.15, 0.2) is 0 Å². The summed E-state index contributed by atoms with van der Waals surface area (Å²) in [6.45, 7) is 1.97. The number of aromatic nitrogens is 3. The molecule has 0 atom stereocenters. The van der Waals surface area contributed by atoms with Crippen LogP contribution in [0.5, 0.6) is 0 Å². The predicted molar refractivity (Wildman–Crippen MR) is 90.1 cm³/mol. The van der Waals surface area contributed by atoms with Gasteiger partial charge in [0.1, 0.15) is 28.5 Å². The Kier molecular flexibility index (Phi) is 3.46. The van der Waals surface area contributed by atoms with Gasteiger partial charge in [-0.15, -0.1) is 11.3 Å². The number of thiophene rings is 1. The first-order chi connectivity index (χ1) is 11.6. The summed E-state index contributed by atoms with van der Waals surface area (Å²) in [5, 5.41) is 9.97. The van der Waals surface area contributed by atoms with Gasteiger partial charge in [-0.1, -0.05) is 0 Å². The van der Waals surface area contributed by atoms with Gasteiger partial charge in [-0.05, 0) is 36.6 Å². The fourth-order valence-electron chi connectivity index (χ4n) is 2.70. The highest BCUT2D eigenvalue weighted by molar-refractivity contribution is 7.16. The Morgan fingerprint density at radius 3 is 3.08 bits per heavy atom. The maximum atomic E-state index is 12.6. The number of aryl methyl sites for hydroxylation is 1. The molecule has 0 bridgehead atoms. The van der Waals surface area contributed by atoms with Gasteiger partial charge in [0, 0.05) is 5.39 Å². The normalized spacial score (nSPS) is 11.4. The molecule has 0 aliphatic carbocycles. The van der Waals surface area contributed by atoms with E-state index in [9.17, 15) is 9.59 Å². The molecule has 7 nitrogen and oxygen atoms in total. The fourth-order valence-corrected chi connectivity index (χ4v) is 3.64. The van der Waals surface area contributed by atoms with E-state index in [0.717, 1.165) is 10.2 Å². The Bertz CT molecular complexity index is 1090. The van der Waals surface area contributed by atoms with Crippen LogP contribution in [-0.4, -0.2) is 20.1 Å². The number of amides is 1. The van der Waals surface area contributed by atoms with Gasteiger partial charge in [0.2, 0.25) is 5.91 Å². The van der Waals surface area contributed by atoms with Crippen molar-refractivity contribution >= 4 is 33.0 Å². The molecule has 8 heteroatoms. The van der Waals surface area contributed by atoms with E-state index in [1.54, 1.807) is 29.7 Å². The van der Waals surface area contributed by atoms with Crippen molar-refractivity contribution in [2.75, 3.05) is 0 Å². The van der Waals surface area contributed by atoms with E-state index in [4.69, 9.17) is 4.42 Å². The van der Waals surface area contributed by atoms with Crippen LogP contribution in [0.25, 0.3) is 15.7 Å². The molecule has 0 spiro atoms. The molecule has 4 rings (SSSR count). The first-order valence-corrected chi connectivity index (χ1v) is 8.27. The second-order valence-electron chi connectivity index (χ2n) is 5.41. The van der Waals surface area contributed by atoms with E-state index in [0.29, 0.717) is 17.1 Å². The lowest BCUT2D eigenvalue weighted by Gasteiger charge is -2.08. The van der Waals surface area contributed by atoms with E-state index in [1.165, 1.54) is 4.68 Å². The maximum Gasteiger partial charge on any atom is 0.291 e. The maximum absolute atomic E-state index is 12.6. The summed E-state index contributed by atoms with van der Waals surface area (Å²) >= 11 is 1.56. The summed E-state index contributed by atoms with van der Waals surface area (Å²) in [7, 11) is 0. The van der Waals surface area contributed by atoms with Crippen molar-refractivity contribution in [2.45, 2.75) is 20.0 Å². The van der Waals surface area contributed by atoms with Crippen LogP contribution < -0.4 is 10.9 Å². The van der Waals surface area contributed by atoms with Crippen molar-refractivity contribution < 1.29 is 9.21 Å². The molecule has 0 aliphatic rings. The number of rotatable bonds is 4. The minimum Gasteiger partial charge on any atom is -0.467 e. The van der Waals surface area contributed by atoms with Gasteiger partial charge >= 0.3 is 0 Å². The zero-order valence-corrected chi connectivity index (χ0v) is 13.7. The summed E-state index contributed by atoms with van der Waals surface area (Å²) < 4.78 is 8.19. The largest absolute Gasteiger partial charge is 0.467 e. The molecule has 122 valence electrons. The van der Waals surface area contributed by atoms with E-state index < -0.39 is 0 Å². The first kappa shape index (κ1) is 14.7. The van der Waals surface area contributed by atoms with Crippen molar-refractivity contribution in [1.82, 2.24) is 19.5 Å². The third kappa shape index (κ3) is 2.41. The number of hydrogen-bond donors (Lipinski definition) is 1. The first-order valence-electron chi connectivity index (χ1n) is 7.39. The van der Waals surface area contributed by atoms with Crippen LogP contribution >= 0.6 is 11.3 Å². The third-order valence-electron chi connectivity index (χ3n) is 3.79. The second-order valence-corrected chi connectivity index (χ2v) is 6.31. The number of hydrogen-bond acceptors (Lipinski definition) is 5. The van der Waals surface area contributed by atoms with E-state index >= 15 is 0 Å². The minimum absolute atomic E-state index is 0.129. The lowest BCUT2D eigenvalue weighted by Crippen LogP contribution is -2.34. The highest BCUT2D eigenvalue weighted by Crippen LogP contribution is 2.24. The van der Waals surface area contributed by atoms with Crippen molar-refractivity contribution in [3.05, 3.63) is 57.8 Å². The molecule has 0 saturated carbocycles. The lowest BCUT2D eigenvalue weighted by molar-refractivity contribution is -0.122. The Morgan fingerprint density at radius 1 is 1.42 bits per heavy atom. The predicted octanol–water partition coefficient (Wildman–Crippen LogP) is 1.93. The van der Waals surface area contributed by atoms with Crippen molar-refractivity contribution in [1.29, 1.82) is 0 Å². The summed E-state index contributed by atoms with van der Waals surface area (Å²) in [5.41, 5.74) is 0.250. The molecule has 1 amide bonds. The molecular formula is C16H14N4O3S. The average molecular weight is 342 g/mol. The number of furan rings is 1. The average Bonchev–Trinajstić information content (AvgIpc) is 3.26. The van der Waals surface area contributed by atoms with Gasteiger partial charge in [-0.25, -0.2) is 4.68 Å². The Hall–Kier alpha value is -2.87. The van der Waals surface area contributed by atoms with Gasteiger partial charge in [0.25, 0.3) is 5.56 Å². The molecule has 4 heterocycles. The number of nitrogens with zero attached hydrogens (tertiary/aromatic N) is 3. The molecule has 24 heavy (non-hydrogen) atoms. The van der Waals surface area contributed by atoms with Crippen LogP contribution in [0.3, 0.4) is 0 Å². The lowest BCUT2D eigenvalue weighted by atomic mass is 10.4. The number of carbonyl (C=O) groups excluding carboxylic acids is 1. The van der Waals surface area contributed by atoms with Crippen LogP contribution in [0.2, 0.25) is 0 Å². The summed E-state index contributed by atoms with van der Waals surface area (Å²) in [6.07, 6.45) is 1.54. The van der Waals surface area contributed by atoms with Gasteiger partial charge in [0.05, 0.1) is 12.8 Å². The molecule has 0 aliphatic heterocycles. The Labute approximate surface area is 140 Å². The molecule has 0 radical (unpaired) electrons. The SMILES string of the molecule is Cc1nn(CC(=O)NCc2ccco2)c(=O)c2cc3ccsc3n12. The van der Waals surface area contributed by atoms with Crippen LogP contribution in [0, 0.1) is 6.92 Å². The minimum atomic E-state index is -0.293. The molecule has 0 saturated heterocycles. The molecule has 0 aromatic carbocycles. The standard InChI is InChI=1S/C16H14N4O3S/c1-10-18-19(9-14(21)17-8-12-3-2-5-23-12)15(22)13-7-11-4-6-24-16(11)20(10)13/h2-7H,8-9H2,1H3,(H,17,21). The summed E-state index contributed by atoms with van der Waals surface area (Å²) in [5.74, 6) is 1.03. The topological polar surface area (TPSA) is 81.5 Å². The summed E-state index contributed by atoms with van der Waals surface area (Å²) in [6, 6.07) is 7.32. The molecule has 1 N–H and O–H groups in total. The van der Waals surface area contributed by atoms with Crippen LogP contribution in [-0.2, 0) is 17.9 Å². The Balaban J connectivity index is 1.63. The van der Waals surface area contributed by atoms with Crippen LogP contribution in [0.1, 0.15) is 11.6 Å². The van der Waals surface area contributed by atoms with Crippen molar-refractivity contribution in [3.8, 4) is 0 Å². The fraction of sp³-hybridized carbons (Fsp3) is 0.188. The van der Waals surface area contributed by atoms with Gasteiger partial charge in [-0.3, -0.25) is 14.0 Å². The van der Waals surface area contributed by atoms with E-state index in [2.05, 4.69) is 10.4 Å². The van der Waals surface area contributed by atoms with Gasteiger partial charge in [-0.2, -0.15) is 5.10 Å². The smallest absolute Gasteiger partial charge is 0.291 e. The Morgan fingerprint density at radius 2 is 2.29 bits per heavy atom. The summed E-state index contributed by atoms with van der Waals surface area (Å²) in [4.78, 5) is 25.7. The van der Waals surface area contributed by atoms with Crippen LogP contribution in [0.4, 0.5) is 0 Å². The molecule has 4 aromatic heterocycles. The second kappa shape index (κ2) is 5.64.